The van der Waals surface area contributed by atoms with Crippen molar-refractivity contribution in [1.29, 1.82) is 0 Å². The normalized spacial score (nSPS) is 12.5. The van der Waals surface area contributed by atoms with Gasteiger partial charge in [-0.3, -0.25) is 0 Å². The molecular formula is C11H18BrN3O. The number of aliphatic hydroxyl groups is 1. The number of hydrogen-bond acceptors (Lipinski definition) is 4. The Morgan fingerprint density at radius 1 is 1.44 bits per heavy atom. The van der Waals surface area contributed by atoms with Crippen molar-refractivity contribution in [3.05, 3.63) is 16.5 Å². The van der Waals surface area contributed by atoms with Crippen LogP contribution < -0.4 is 5.32 Å². The Morgan fingerprint density at radius 3 is 2.75 bits per heavy atom. The van der Waals surface area contributed by atoms with Crippen LogP contribution in [0.1, 0.15) is 32.5 Å². The summed E-state index contributed by atoms with van der Waals surface area (Å²) in [6, 6.07) is 1.88. The first-order valence-electron chi connectivity index (χ1n) is 5.60. The predicted molar refractivity (Wildman–Crippen MR) is 68.5 cm³/mol. The smallest absolute Gasteiger partial charge is 0.132 e. The van der Waals surface area contributed by atoms with Crippen molar-refractivity contribution in [2.24, 2.45) is 0 Å². The second-order valence-corrected chi connectivity index (χ2v) is 4.49. The second kappa shape index (κ2) is 6.81. The standard InChI is InChI=1S/C11H18BrN3O/c1-3-5-10-14-9(12)6-11(15-10)13-8(4-2)7-16/h6,8,16H,3-5,7H2,1-2H3,(H,13,14,15). The quantitative estimate of drug-likeness (QED) is 0.789. The van der Waals surface area contributed by atoms with Crippen LogP contribution >= 0.6 is 15.9 Å². The minimum Gasteiger partial charge on any atom is -0.394 e. The Labute approximate surface area is 105 Å². The van der Waals surface area contributed by atoms with Gasteiger partial charge in [0.05, 0.1) is 12.6 Å². The fourth-order valence-corrected chi connectivity index (χ4v) is 1.78. The molecule has 0 aromatic carbocycles. The zero-order valence-corrected chi connectivity index (χ0v) is 11.3. The first-order valence-corrected chi connectivity index (χ1v) is 6.39. The molecule has 0 fully saturated rings. The Kier molecular flexibility index (Phi) is 5.69. The van der Waals surface area contributed by atoms with Gasteiger partial charge in [0.15, 0.2) is 0 Å². The lowest BCUT2D eigenvalue weighted by Crippen LogP contribution is -2.23. The molecule has 1 aromatic rings. The van der Waals surface area contributed by atoms with E-state index >= 15 is 0 Å². The van der Waals surface area contributed by atoms with Crippen molar-refractivity contribution in [3.63, 3.8) is 0 Å². The first-order chi connectivity index (χ1) is 7.69. The fraction of sp³-hybridized carbons (Fsp3) is 0.636. The van der Waals surface area contributed by atoms with E-state index in [1.807, 2.05) is 13.0 Å². The largest absolute Gasteiger partial charge is 0.394 e. The highest BCUT2D eigenvalue weighted by molar-refractivity contribution is 9.10. The summed E-state index contributed by atoms with van der Waals surface area (Å²) in [4.78, 5) is 8.68. The molecule has 2 N–H and O–H groups in total. The topological polar surface area (TPSA) is 58.0 Å². The highest BCUT2D eigenvalue weighted by Crippen LogP contribution is 2.14. The second-order valence-electron chi connectivity index (χ2n) is 3.67. The van der Waals surface area contributed by atoms with Gasteiger partial charge in [-0.15, -0.1) is 0 Å². The summed E-state index contributed by atoms with van der Waals surface area (Å²) < 4.78 is 0.779. The van der Waals surface area contributed by atoms with Crippen LogP contribution in [-0.2, 0) is 6.42 Å². The number of nitrogens with one attached hydrogen (secondary N) is 1. The van der Waals surface area contributed by atoms with Gasteiger partial charge in [0.25, 0.3) is 0 Å². The summed E-state index contributed by atoms with van der Waals surface area (Å²) >= 11 is 3.36. The van der Waals surface area contributed by atoms with Gasteiger partial charge >= 0.3 is 0 Å². The van der Waals surface area contributed by atoms with Crippen LogP contribution in [0.4, 0.5) is 5.82 Å². The molecule has 0 saturated carbocycles. The number of hydrogen-bond donors (Lipinski definition) is 2. The van der Waals surface area contributed by atoms with Crippen LogP contribution in [0, 0.1) is 0 Å². The fourth-order valence-electron chi connectivity index (χ4n) is 1.36. The highest BCUT2D eigenvalue weighted by atomic mass is 79.9. The lowest BCUT2D eigenvalue weighted by Gasteiger charge is -2.15. The molecule has 1 unspecified atom stereocenters. The molecule has 4 nitrogen and oxygen atoms in total. The number of halogens is 1. The minimum absolute atomic E-state index is 0.0521. The number of rotatable bonds is 6. The van der Waals surface area contributed by atoms with Gasteiger partial charge in [0.1, 0.15) is 16.2 Å². The first kappa shape index (κ1) is 13.4. The average molecular weight is 288 g/mol. The Balaban J connectivity index is 2.78. The molecule has 0 aliphatic carbocycles. The minimum atomic E-state index is 0.0521. The third-order valence-corrected chi connectivity index (χ3v) is 2.69. The van der Waals surface area contributed by atoms with E-state index in [0.717, 1.165) is 35.5 Å². The summed E-state index contributed by atoms with van der Waals surface area (Å²) in [6.07, 6.45) is 2.75. The number of aliphatic hydroxyl groups excluding tert-OH is 1. The van der Waals surface area contributed by atoms with Gasteiger partial charge in [-0.2, -0.15) is 0 Å². The van der Waals surface area contributed by atoms with Crippen molar-refractivity contribution >= 4 is 21.7 Å². The molecule has 0 aliphatic heterocycles. The van der Waals surface area contributed by atoms with E-state index in [-0.39, 0.29) is 12.6 Å². The number of aryl methyl sites for hydroxylation is 1. The molecule has 1 atom stereocenters. The molecule has 0 saturated heterocycles. The SMILES string of the molecule is CCCc1nc(Br)cc(NC(CC)CO)n1. The van der Waals surface area contributed by atoms with Crippen LogP contribution in [-0.4, -0.2) is 27.7 Å². The van der Waals surface area contributed by atoms with Gasteiger partial charge in [-0.1, -0.05) is 13.8 Å². The average Bonchev–Trinajstić information content (AvgIpc) is 2.25. The predicted octanol–water partition coefficient (Wildman–Crippen LogP) is 2.37. The summed E-state index contributed by atoms with van der Waals surface area (Å²) in [6.45, 7) is 4.23. The number of nitrogens with zero attached hydrogens (tertiary/aromatic N) is 2. The molecule has 0 aliphatic rings. The Morgan fingerprint density at radius 2 is 2.19 bits per heavy atom. The maximum atomic E-state index is 9.11. The van der Waals surface area contributed by atoms with Crippen LogP contribution in [0.25, 0.3) is 0 Å². The highest BCUT2D eigenvalue weighted by Gasteiger charge is 2.07. The van der Waals surface area contributed by atoms with Gasteiger partial charge in [-0.05, 0) is 28.8 Å². The summed E-state index contributed by atoms with van der Waals surface area (Å²) in [5, 5.41) is 12.3. The maximum absolute atomic E-state index is 9.11. The third-order valence-electron chi connectivity index (χ3n) is 2.28. The molecular weight excluding hydrogens is 270 g/mol. The molecule has 0 bridgehead atoms. The van der Waals surface area contributed by atoms with Crippen molar-refractivity contribution in [1.82, 2.24) is 9.97 Å². The molecule has 1 rings (SSSR count). The zero-order valence-electron chi connectivity index (χ0n) is 9.70. The lowest BCUT2D eigenvalue weighted by molar-refractivity contribution is 0.271. The molecule has 1 heterocycles. The summed E-state index contributed by atoms with van der Waals surface area (Å²) in [5.74, 6) is 1.60. The molecule has 0 spiro atoms. The van der Waals surface area contributed by atoms with E-state index in [0.29, 0.717) is 0 Å². The van der Waals surface area contributed by atoms with Crippen molar-refractivity contribution in [2.45, 2.75) is 39.2 Å². The van der Waals surface area contributed by atoms with Gasteiger partial charge < -0.3 is 10.4 Å². The van der Waals surface area contributed by atoms with Crippen LogP contribution in [0.5, 0.6) is 0 Å². The van der Waals surface area contributed by atoms with E-state index in [2.05, 4.69) is 38.1 Å². The Bertz CT molecular complexity index is 329. The number of aromatic nitrogens is 2. The molecule has 1 aromatic heterocycles. The van der Waals surface area contributed by atoms with E-state index in [1.54, 1.807) is 0 Å². The van der Waals surface area contributed by atoms with Crippen LogP contribution in [0.3, 0.4) is 0 Å². The monoisotopic (exact) mass is 287 g/mol. The molecule has 0 radical (unpaired) electrons. The van der Waals surface area contributed by atoms with Gasteiger partial charge in [0, 0.05) is 12.5 Å². The van der Waals surface area contributed by atoms with Crippen LogP contribution in [0.2, 0.25) is 0 Å². The van der Waals surface area contributed by atoms with E-state index in [9.17, 15) is 0 Å². The van der Waals surface area contributed by atoms with Gasteiger partial charge in [-0.25, -0.2) is 9.97 Å². The van der Waals surface area contributed by atoms with E-state index < -0.39 is 0 Å². The molecule has 90 valence electrons. The van der Waals surface area contributed by atoms with Crippen molar-refractivity contribution in [2.75, 3.05) is 11.9 Å². The van der Waals surface area contributed by atoms with Crippen molar-refractivity contribution in [3.8, 4) is 0 Å². The van der Waals surface area contributed by atoms with Crippen LogP contribution in [0.15, 0.2) is 10.7 Å². The zero-order chi connectivity index (χ0) is 12.0. The third kappa shape index (κ3) is 4.06. The Hall–Kier alpha value is -0.680. The van der Waals surface area contributed by atoms with Crippen molar-refractivity contribution < 1.29 is 5.11 Å². The molecule has 5 heteroatoms. The summed E-state index contributed by atoms with van der Waals surface area (Å²) in [5.41, 5.74) is 0. The number of anilines is 1. The van der Waals surface area contributed by atoms with Gasteiger partial charge in [0.2, 0.25) is 0 Å². The summed E-state index contributed by atoms with van der Waals surface area (Å²) in [7, 11) is 0. The molecule has 0 amide bonds. The lowest BCUT2D eigenvalue weighted by atomic mass is 10.2. The van der Waals surface area contributed by atoms with E-state index in [4.69, 9.17) is 5.11 Å². The maximum Gasteiger partial charge on any atom is 0.132 e. The van der Waals surface area contributed by atoms with E-state index in [1.165, 1.54) is 0 Å². The molecule has 16 heavy (non-hydrogen) atoms.